The van der Waals surface area contributed by atoms with Gasteiger partial charge in [0.05, 0.1) is 12.8 Å². The van der Waals surface area contributed by atoms with Crippen LogP contribution in [0.15, 0.2) is 47.1 Å². The highest BCUT2D eigenvalue weighted by atomic mass is 16.3. The topological polar surface area (TPSA) is 45.5 Å². The Kier molecular flexibility index (Phi) is 3.72. The van der Waals surface area contributed by atoms with Crippen molar-refractivity contribution in [1.82, 2.24) is 5.32 Å². The van der Waals surface area contributed by atoms with E-state index in [2.05, 4.69) is 10.2 Å². The Balaban J connectivity index is 1.60. The summed E-state index contributed by atoms with van der Waals surface area (Å²) in [6.45, 7) is 2.65. The van der Waals surface area contributed by atoms with Gasteiger partial charge in [-0.05, 0) is 49.2 Å². The molecule has 0 radical (unpaired) electrons. The number of nitrogens with one attached hydrogen (secondary N) is 1. The molecule has 104 valence electrons. The number of hydrogen-bond acceptors (Lipinski definition) is 3. The van der Waals surface area contributed by atoms with Crippen molar-refractivity contribution in [2.45, 2.75) is 19.4 Å². The van der Waals surface area contributed by atoms with Crippen LogP contribution < -0.4 is 10.2 Å². The Morgan fingerprint density at radius 2 is 1.90 bits per heavy atom. The van der Waals surface area contributed by atoms with E-state index in [1.54, 1.807) is 6.26 Å². The van der Waals surface area contributed by atoms with Crippen molar-refractivity contribution < 1.29 is 9.21 Å². The molecule has 3 rings (SSSR count). The fourth-order valence-electron chi connectivity index (χ4n) is 2.48. The summed E-state index contributed by atoms with van der Waals surface area (Å²) in [4.78, 5) is 14.4. The van der Waals surface area contributed by atoms with Crippen LogP contribution in [0.5, 0.6) is 0 Å². The van der Waals surface area contributed by atoms with E-state index in [9.17, 15) is 4.79 Å². The first-order valence-electron chi connectivity index (χ1n) is 6.98. The molecule has 0 atom stereocenters. The summed E-state index contributed by atoms with van der Waals surface area (Å²) >= 11 is 0. The van der Waals surface area contributed by atoms with E-state index in [-0.39, 0.29) is 5.91 Å². The molecule has 1 aliphatic heterocycles. The summed E-state index contributed by atoms with van der Waals surface area (Å²) in [6.07, 6.45) is 4.11. The second-order valence-electron chi connectivity index (χ2n) is 5.00. The predicted octanol–water partition coefficient (Wildman–Crippen LogP) is 2.81. The molecule has 2 aromatic rings. The minimum Gasteiger partial charge on any atom is -0.467 e. The quantitative estimate of drug-likeness (QED) is 0.929. The fraction of sp³-hybridized carbons (Fsp3) is 0.312. The van der Waals surface area contributed by atoms with Crippen molar-refractivity contribution in [3.63, 3.8) is 0 Å². The number of amides is 1. The number of carbonyl (C=O) groups excluding carboxylic acids is 1. The molecule has 20 heavy (non-hydrogen) atoms. The largest absolute Gasteiger partial charge is 0.467 e. The molecule has 1 aromatic carbocycles. The lowest BCUT2D eigenvalue weighted by atomic mass is 10.2. The van der Waals surface area contributed by atoms with Crippen LogP contribution >= 0.6 is 0 Å². The van der Waals surface area contributed by atoms with Gasteiger partial charge in [0.1, 0.15) is 5.76 Å². The van der Waals surface area contributed by atoms with E-state index < -0.39 is 0 Å². The molecule has 0 bridgehead atoms. The number of nitrogens with zero attached hydrogens (tertiary/aromatic N) is 1. The van der Waals surface area contributed by atoms with Crippen molar-refractivity contribution in [3.05, 3.63) is 54.0 Å². The molecule has 1 fully saturated rings. The molecule has 0 saturated carbocycles. The molecule has 0 spiro atoms. The molecular formula is C16H18N2O2. The van der Waals surface area contributed by atoms with Crippen LogP contribution in [0.25, 0.3) is 0 Å². The van der Waals surface area contributed by atoms with E-state index in [0.29, 0.717) is 12.1 Å². The number of rotatable bonds is 4. The summed E-state index contributed by atoms with van der Waals surface area (Å²) in [5.41, 5.74) is 1.88. The van der Waals surface area contributed by atoms with Crippen LogP contribution in [-0.2, 0) is 6.54 Å². The first-order valence-corrected chi connectivity index (χ1v) is 6.98. The highest BCUT2D eigenvalue weighted by molar-refractivity contribution is 5.94. The van der Waals surface area contributed by atoms with Gasteiger partial charge in [0.2, 0.25) is 0 Å². The summed E-state index contributed by atoms with van der Waals surface area (Å²) in [7, 11) is 0. The third-order valence-corrected chi connectivity index (χ3v) is 3.60. The molecule has 1 saturated heterocycles. The second-order valence-corrected chi connectivity index (χ2v) is 5.00. The summed E-state index contributed by atoms with van der Waals surface area (Å²) in [5.74, 6) is 0.682. The van der Waals surface area contributed by atoms with Gasteiger partial charge in [0.15, 0.2) is 0 Å². The highest BCUT2D eigenvalue weighted by Crippen LogP contribution is 2.20. The molecule has 4 heteroatoms. The van der Waals surface area contributed by atoms with Crippen LogP contribution in [0.3, 0.4) is 0 Å². The van der Waals surface area contributed by atoms with Crippen molar-refractivity contribution >= 4 is 11.6 Å². The van der Waals surface area contributed by atoms with E-state index in [0.717, 1.165) is 18.8 Å². The zero-order valence-electron chi connectivity index (χ0n) is 11.3. The molecule has 1 aliphatic rings. The predicted molar refractivity (Wildman–Crippen MR) is 77.8 cm³/mol. The Labute approximate surface area is 118 Å². The average molecular weight is 270 g/mol. The van der Waals surface area contributed by atoms with Crippen LogP contribution in [0, 0.1) is 0 Å². The van der Waals surface area contributed by atoms with Gasteiger partial charge in [-0.25, -0.2) is 0 Å². The van der Waals surface area contributed by atoms with Gasteiger partial charge in [-0.3, -0.25) is 4.79 Å². The second kappa shape index (κ2) is 5.82. The Hall–Kier alpha value is -2.23. The highest BCUT2D eigenvalue weighted by Gasteiger charge is 2.13. The van der Waals surface area contributed by atoms with Gasteiger partial charge in [-0.1, -0.05) is 0 Å². The van der Waals surface area contributed by atoms with Gasteiger partial charge in [-0.15, -0.1) is 0 Å². The zero-order valence-corrected chi connectivity index (χ0v) is 11.3. The number of furan rings is 1. The lowest BCUT2D eigenvalue weighted by Crippen LogP contribution is -2.23. The van der Waals surface area contributed by atoms with Crippen LogP contribution in [0.1, 0.15) is 29.0 Å². The number of carbonyl (C=O) groups is 1. The van der Waals surface area contributed by atoms with Crippen molar-refractivity contribution in [2.75, 3.05) is 18.0 Å². The number of anilines is 1. The maximum absolute atomic E-state index is 12.0. The summed E-state index contributed by atoms with van der Waals surface area (Å²) < 4.78 is 5.18. The average Bonchev–Trinajstić information content (AvgIpc) is 3.18. The summed E-state index contributed by atoms with van der Waals surface area (Å²) in [6, 6.07) is 11.5. The van der Waals surface area contributed by atoms with E-state index in [4.69, 9.17) is 4.42 Å². The Bertz CT molecular complexity index is 555. The lowest BCUT2D eigenvalue weighted by Gasteiger charge is -2.17. The van der Waals surface area contributed by atoms with E-state index in [1.165, 1.54) is 18.5 Å². The minimum absolute atomic E-state index is 0.0747. The third kappa shape index (κ3) is 2.85. The van der Waals surface area contributed by atoms with Crippen LogP contribution in [0.2, 0.25) is 0 Å². The Morgan fingerprint density at radius 3 is 2.55 bits per heavy atom. The molecule has 1 N–H and O–H groups in total. The van der Waals surface area contributed by atoms with E-state index >= 15 is 0 Å². The monoisotopic (exact) mass is 270 g/mol. The number of hydrogen-bond donors (Lipinski definition) is 1. The normalized spacial score (nSPS) is 14.5. The smallest absolute Gasteiger partial charge is 0.251 e. The standard InChI is InChI=1S/C16H18N2O2/c19-16(17-12-15-4-3-11-20-15)13-5-7-14(8-6-13)18-9-1-2-10-18/h3-8,11H,1-2,9-10,12H2,(H,17,19). The van der Waals surface area contributed by atoms with Gasteiger partial charge in [0.25, 0.3) is 5.91 Å². The maximum Gasteiger partial charge on any atom is 0.251 e. The first-order chi connectivity index (χ1) is 9.83. The van der Waals surface area contributed by atoms with Gasteiger partial charge in [0, 0.05) is 24.3 Å². The van der Waals surface area contributed by atoms with Gasteiger partial charge in [-0.2, -0.15) is 0 Å². The van der Waals surface area contributed by atoms with Gasteiger partial charge < -0.3 is 14.6 Å². The molecule has 4 nitrogen and oxygen atoms in total. The SMILES string of the molecule is O=C(NCc1ccco1)c1ccc(N2CCCC2)cc1. The number of benzene rings is 1. The summed E-state index contributed by atoms with van der Waals surface area (Å²) in [5, 5.41) is 2.84. The van der Waals surface area contributed by atoms with Crippen LogP contribution in [-0.4, -0.2) is 19.0 Å². The maximum atomic E-state index is 12.0. The van der Waals surface area contributed by atoms with Crippen molar-refractivity contribution in [3.8, 4) is 0 Å². The fourth-order valence-corrected chi connectivity index (χ4v) is 2.48. The van der Waals surface area contributed by atoms with Crippen molar-refractivity contribution in [1.29, 1.82) is 0 Å². The Morgan fingerprint density at radius 1 is 1.15 bits per heavy atom. The third-order valence-electron chi connectivity index (χ3n) is 3.60. The van der Waals surface area contributed by atoms with Gasteiger partial charge >= 0.3 is 0 Å². The zero-order chi connectivity index (χ0) is 13.8. The molecule has 1 aromatic heterocycles. The van der Waals surface area contributed by atoms with E-state index in [1.807, 2.05) is 36.4 Å². The molecule has 0 aliphatic carbocycles. The first kappa shape index (κ1) is 12.8. The van der Waals surface area contributed by atoms with Crippen molar-refractivity contribution in [2.24, 2.45) is 0 Å². The molecular weight excluding hydrogens is 252 g/mol. The molecule has 0 unspecified atom stereocenters. The molecule has 2 heterocycles. The lowest BCUT2D eigenvalue weighted by molar-refractivity contribution is 0.0948. The minimum atomic E-state index is -0.0747. The molecule has 1 amide bonds. The van der Waals surface area contributed by atoms with Crippen LogP contribution in [0.4, 0.5) is 5.69 Å².